The van der Waals surface area contributed by atoms with Gasteiger partial charge in [0.1, 0.15) is 0 Å². The lowest BCUT2D eigenvalue weighted by atomic mass is 9.87. The Bertz CT molecular complexity index is 1080. The van der Waals surface area contributed by atoms with Gasteiger partial charge in [-0.3, -0.25) is 9.36 Å². The van der Waals surface area contributed by atoms with Crippen molar-refractivity contribution in [2.24, 2.45) is 0 Å². The van der Waals surface area contributed by atoms with Gasteiger partial charge in [0.25, 0.3) is 0 Å². The minimum Gasteiger partial charge on any atom is -0.353 e. The molecular formula is C26H32N4OS. The minimum atomic E-state index is 0.0670. The maximum absolute atomic E-state index is 12.5. The first-order valence-corrected chi connectivity index (χ1v) is 12.4. The molecule has 168 valence electrons. The van der Waals surface area contributed by atoms with Crippen molar-refractivity contribution in [3.63, 3.8) is 0 Å². The maximum atomic E-state index is 12.5. The van der Waals surface area contributed by atoms with Gasteiger partial charge in [-0.15, -0.1) is 10.2 Å². The summed E-state index contributed by atoms with van der Waals surface area (Å²) in [5.41, 5.74) is 4.55. The third kappa shape index (κ3) is 5.07. The fourth-order valence-corrected chi connectivity index (χ4v) is 4.93. The zero-order valence-corrected chi connectivity index (χ0v) is 20.2. The number of hydrogen-bond donors (Lipinski definition) is 1. The minimum absolute atomic E-state index is 0.0670. The molecule has 0 atom stereocenters. The summed E-state index contributed by atoms with van der Waals surface area (Å²) < 4.78 is 2.08. The molecule has 6 heteroatoms. The molecular weight excluding hydrogens is 416 g/mol. The second kappa shape index (κ2) is 9.49. The summed E-state index contributed by atoms with van der Waals surface area (Å²) in [7, 11) is 0. The Kier molecular flexibility index (Phi) is 6.70. The topological polar surface area (TPSA) is 59.8 Å². The van der Waals surface area contributed by atoms with Crippen LogP contribution in [-0.4, -0.2) is 32.5 Å². The molecule has 1 aromatic heterocycles. The van der Waals surface area contributed by atoms with Gasteiger partial charge in [-0.2, -0.15) is 0 Å². The average Bonchev–Trinajstić information content (AvgIpc) is 3.42. The summed E-state index contributed by atoms with van der Waals surface area (Å²) in [6.07, 6.45) is 4.59. The highest BCUT2D eigenvalue weighted by Gasteiger charge is 2.21. The van der Waals surface area contributed by atoms with Crippen LogP contribution in [-0.2, 0) is 10.2 Å². The molecule has 1 heterocycles. The van der Waals surface area contributed by atoms with Crippen molar-refractivity contribution >= 4 is 17.7 Å². The van der Waals surface area contributed by atoms with Crippen LogP contribution in [0.3, 0.4) is 0 Å². The summed E-state index contributed by atoms with van der Waals surface area (Å²) in [5, 5.41) is 12.9. The largest absolute Gasteiger partial charge is 0.353 e. The molecule has 5 nitrogen and oxygen atoms in total. The highest BCUT2D eigenvalue weighted by molar-refractivity contribution is 7.99. The van der Waals surface area contributed by atoms with Crippen LogP contribution in [0.1, 0.15) is 57.6 Å². The fourth-order valence-electron chi connectivity index (χ4n) is 4.17. The van der Waals surface area contributed by atoms with Gasteiger partial charge in [-0.05, 0) is 42.4 Å². The average molecular weight is 449 g/mol. The molecule has 1 N–H and O–H groups in total. The third-order valence-corrected chi connectivity index (χ3v) is 6.98. The number of thioether (sulfide) groups is 1. The Morgan fingerprint density at radius 2 is 1.75 bits per heavy atom. The van der Waals surface area contributed by atoms with Crippen molar-refractivity contribution in [2.75, 3.05) is 5.75 Å². The van der Waals surface area contributed by atoms with Crippen LogP contribution in [0, 0.1) is 6.92 Å². The molecule has 1 aliphatic rings. The van der Waals surface area contributed by atoms with Gasteiger partial charge in [-0.1, -0.05) is 87.8 Å². The van der Waals surface area contributed by atoms with Crippen LogP contribution in [0.25, 0.3) is 17.1 Å². The lowest BCUT2D eigenvalue weighted by Gasteiger charge is -2.19. The molecule has 32 heavy (non-hydrogen) atoms. The van der Waals surface area contributed by atoms with E-state index in [0.717, 1.165) is 40.6 Å². The van der Waals surface area contributed by atoms with E-state index < -0.39 is 0 Å². The predicted molar refractivity (Wildman–Crippen MR) is 131 cm³/mol. The first-order chi connectivity index (χ1) is 15.3. The number of rotatable bonds is 6. The van der Waals surface area contributed by atoms with Gasteiger partial charge in [0.2, 0.25) is 5.91 Å². The molecule has 1 amide bonds. The quantitative estimate of drug-likeness (QED) is 0.492. The molecule has 3 aromatic rings. The number of nitrogens with zero attached hydrogens (tertiary/aromatic N) is 3. The van der Waals surface area contributed by atoms with E-state index in [1.165, 1.54) is 30.2 Å². The summed E-state index contributed by atoms with van der Waals surface area (Å²) in [4.78, 5) is 12.5. The zero-order valence-electron chi connectivity index (χ0n) is 19.4. The van der Waals surface area contributed by atoms with Crippen LogP contribution in [0.2, 0.25) is 0 Å². The molecule has 2 aromatic carbocycles. The van der Waals surface area contributed by atoms with Crippen LogP contribution in [0.4, 0.5) is 0 Å². The van der Waals surface area contributed by atoms with Crippen molar-refractivity contribution in [1.29, 1.82) is 0 Å². The van der Waals surface area contributed by atoms with Gasteiger partial charge in [0.15, 0.2) is 11.0 Å². The van der Waals surface area contributed by atoms with E-state index in [9.17, 15) is 4.79 Å². The number of hydrogen-bond acceptors (Lipinski definition) is 4. The van der Waals surface area contributed by atoms with E-state index >= 15 is 0 Å². The molecule has 1 saturated carbocycles. The lowest BCUT2D eigenvalue weighted by molar-refractivity contribution is -0.119. The standard InChI is InChI=1S/C26H32N4OS/c1-18-9-5-8-12-22(18)30-24(19-13-15-20(16-14-19)26(2,3)4)28-29-25(30)32-17-23(31)27-21-10-6-7-11-21/h5,8-9,12-16,21H,6-7,10-11,17H2,1-4H3,(H,27,31). The van der Waals surface area contributed by atoms with Gasteiger partial charge >= 0.3 is 0 Å². The number of benzene rings is 2. The molecule has 4 rings (SSSR count). The molecule has 0 saturated heterocycles. The van der Waals surface area contributed by atoms with Crippen LogP contribution in [0.15, 0.2) is 53.7 Å². The van der Waals surface area contributed by atoms with Crippen LogP contribution in [0.5, 0.6) is 0 Å². The normalized spacial score (nSPS) is 14.6. The Morgan fingerprint density at radius 1 is 1.06 bits per heavy atom. The predicted octanol–water partition coefficient (Wildman–Crippen LogP) is 5.69. The Labute approximate surface area is 195 Å². The SMILES string of the molecule is Cc1ccccc1-n1c(SCC(=O)NC2CCCC2)nnc1-c1ccc(C(C)(C)C)cc1. The van der Waals surface area contributed by atoms with E-state index in [1.807, 2.05) is 12.1 Å². The Morgan fingerprint density at radius 3 is 2.41 bits per heavy atom. The number of amides is 1. The van der Waals surface area contributed by atoms with Crippen LogP contribution < -0.4 is 5.32 Å². The molecule has 0 spiro atoms. The number of para-hydroxylation sites is 1. The summed E-state index contributed by atoms with van der Waals surface area (Å²) in [6, 6.07) is 17.1. The maximum Gasteiger partial charge on any atom is 0.230 e. The highest BCUT2D eigenvalue weighted by Crippen LogP contribution is 2.31. The van der Waals surface area contributed by atoms with Gasteiger partial charge in [0, 0.05) is 11.6 Å². The molecule has 0 aliphatic heterocycles. The van der Waals surface area contributed by atoms with Gasteiger partial charge in [-0.25, -0.2) is 0 Å². The highest BCUT2D eigenvalue weighted by atomic mass is 32.2. The molecule has 0 unspecified atom stereocenters. The molecule has 1 aliphatic carbocycles. The number of carbonyl (C=O) groups excluding carboxylic acids is 1. The number of nitrogens with one attached hydrogen (secondary N) is 1. The van der Waals surface area contributed by atoms with Crippen molar-refractivity contribution in [3.8, 4) is 17.1 Å². The smallest absolute Gasteiger partial charge is 0.230 e. The van der Waals surface area contributed by atoms with Crippen LogP contribution >= 0.6 is 11.8 Å². The second-order valence-electron chi connectivity index (χ2n) is 9.59. The zero-order chi connectivity index (χ0) is 22.7. The second-order valence-corrected chi connectivity index (χ2v) is 10.5. The Hall–Kier alpha value is -2.60. The summed E-state index contributed by atoms with van der Waals surface area (Å²) in [6.45, 7) is 8.72. The van der Waals surface area contributed by atoms with Crippen molar-refractivity contribution in [2.45, 2.75) is 70.0 Å². The molecule has 0 bridgehead atoms. The first-order valence-electron chi connectivity index (χ1n) is 11.4. The monoisotopic (exact) mass is 448 g/mol. The molecule has 0 radical (unpaired) electrons. The van der Waals surface area contributed by atoms with Crippen molar-refractivity contribution in [1.82, 2.24) is 20.1 Å². The van der Waals surface area contributed by atoms with E-state index in [4.69, 9.17) is 0 Å². The van der Waals surface area contributed by atoms with Gasteiger partial charge < -0.3 is 5.32 Å². The van der Waals surface area contributed by atoms with E-state index in [-0.39, 0.29) is 11.3 Å². The lowest BCUT2D eigenvalue weighted by Crippen LogP contribution is -2.33. The van der Waals surface area contributed by atoms with E-state index in [0.29, 0.717) is 11.8 Å². The van der Waals surface area contributed by atoms with Crippen molar-refractivity contribution in [3.05, 3.63) is 59.7 Å². The molecule has 1 fully saturated rings. The van der Waals surface area contributed by atoms with Crippen molar-refractivity contribution < 1.29 is 4.79 Å². The summed E-state index contributed by atoms with van der Waals surface area (Å²) >= 11 is 1.44. The van der Waals surface area contributed by atoms with Gasteiger partial charge in [0.05, 0.1) is 11.4 Å². The first kappa shape index (κ1) is 22.6. The number of aryl methyl sites for hydroxylation is 1. The van der Waals surface area contributed by atoms with E-state index in [2.05, 4.69) is 84.2 Å². The Balaban J connectivity index is 1.63. The van der Waals surface area contributed by atoms with E-state index in [1.54, 1.807) is 0 Å². The fraction of sp³-hybridized carbons (Fsp3) is 0.423. The number of carbonyl (C=O) groups is 1. The number of aromatic nitrogens is 3. The third-order valence-electron chi connectivity index (χ3n) is 6.05. The summed E-state index contributed by atoms with van der Waals surface area (Å²) in [5.74, 6) is 1.19.